The molecule has 0 spiro atoms. The molecule has 0 saturated carbocycles. The third-order valence-corrected chi connectivity index (χ3v) is 4.87. The lowest BCUT2D eigenvalue weighted by Crippen LogP contribution is -2.31. The molecular weight excluding hydrogens is 354 g/mol. The number of pyridine rings is 1. The number of nitrogens with zero attached hydrogens (tertiary/aromatic N) is 4. The minimum Gasteiger partial charge on any atom is -0.493 e. The van der Waals surface area contributed by atoms with Gasteiger partial charge in [-0.3, -0.25) is 4.98 Å². The van der Waals surface area contributed by atoms with E-state index < -0.39 is 0 Å². The molecule has 1 aromatic carbocycles. The highest BCUT2D eigenvalue weighted by molar-refractivity contribution is 5.54. The van der Waals surface area contributed by atoms with Crippen molar-refractivity contribution in [3.63, 3.8) is 0 Å². The maximum Gasteiger partial charge on any atom is 0.161 e. The van der Waals surface area contributed by atoms with E-state index >= 15 is 0 Å². The van der Waals surface area contributed by atoms with Crippen LogP contribution in [0.2, 0.25) is 0 Å². The molecule has 0 atom stereocenters. The molecule has 144 valence electrons. The van der Waals surface area contributed by atoms with Crippen LogP contribution >= 0.6 is 0 Å². The van der Waals surface area contributed by atoms with E-state index in [2.05, 4.69) is 37.3 Å². The predicted octanol–water partition coefficient (Wildman–Crippen LogP) is 3.06. The third kappa shape index (κ3) is 3.83. The van der Waals surface area contributed by atoms with Crippen molar-refractivity contribution < 1.29 is 9.47 Å². The SMILES string of the molecule is COc1cc2c(cc1OC)CN(c1cc(NCc3ccccn3)ncn1)CC2. The van der Waals surface area contributed by atoms with Crippen molar-refractivity contribution in [2.45, 2.75) is 19.5 Å². The topological polar surface area (TPSA) is 72.4 Å². The summed E-state index contributed by atoms with van der Waals surface area (Å²) in [4.78, 5) is 15.4. The highest BCUT2D eigenvalue weighted by Gasteiger charge is 2.20. The van der Waals surface area contributed by atoms with Gasteiger partial charge >= 0.3 is 0 Å². The first-order valence-electron chi connectivity index (χ1n) is 9.21. The van der Waals surface area contributed by atoms with Crippen LogP contribution < -0.4 is 19.7 Å². The molecule has 28 heavy (non-hydrogen) atoms. The minimum absolute atomic E-state index is 0.622. The molecule has 0 unspecified atom stereocenters. The summed E-state index contributed by atoms with van der Waals surface area (Å²) in [6.07, 6.45) is 4.31. The van der Waals surface area contributed by atoms with Crippen LogP contribution in [0.5, 0.6) is 11.5 Å². The molecule has 1 aliphatic rings. The normalized spacial score (nSPS) is 13.0. The van der Waals surface area contributed by atoms with Crippen molar-refractivity contribution >= 4 is 11.6 Å². The minimum atomic E-state index is 0.622. The molecule has 3 heterocycles. The van der Waals surface area contributed by atoms with E-state index in [0.717, 1.165) is 48.3 Å². The van der Waals surface area contributed by atoms with Crippen LogP contribution in [0, 0.1) is 0 Å². The molecule has 0 fully saturated rings. The summed E-state index contributed by atoms with van der Waals surface area (Å²) in [5, 5.41) is 3.32. The maximum atomic E-state index is 5.45. The third-order valence-electron chi connectivity index (χ3n) is 4.87. The zero-order valence-electron chi connectivity index (χ0n) is 16.1. The number of ether oxygens (including phenoxy) is 2. The fraction of sp³-hybridized carbons (Fsp3) is 0.286. The van der Waals surface area contributed by atoms with Crippen molar-refractivity contribution in [3.8, 4) is 11.5 Å². The lowest BCUT2D eigenvalue weighted by Gasteiger charge is -2.30. The molecule has 1 N–H and O–H groups in total. The highest BCUT2D eigenvalue weighted by atomic mass is 16.5. The van der Waals surface area contributed by atoms with Gasteiger partial charge in [-0.15, -0.1) is 0 Å². The first-order chi connectivity index (χ1) is 13.8. The fourth-order valence-electron chi connectivity index (χ4n) is 3.38. The summed E-state index contributed by atoms with van der Waals surface area (Å²) in [5.74, 6) is 3.22. The first-order valence-corrected chi connectivity index (χ1v) is 9.21. The van der Waals surface area contributed by atoms with Crippen molar-refractivity contribution in [2.75, 3.05) is 31.0 Å². The number of hydrogen-bond donors (Lipinski definition) is 1. The molecule has 1 aliphatic heterocycles. The van der Waals surface area contributed by atoms with Crippen LogP contribution in [0.15, 0.2) is 48.9 Å². The Labute approximate surface area is 164 Å². The molecule has 0 saturated heterocycles. The molecule has 7 nitrogen and oxygen atoms in total. The van der Waals surface area contributed by atoms with Gasteiger partial charge in [-0.2, -0.15) is 0 Å². The smallest absolute Gasteiger partial charge is 0.161 e. The lowest BCUT2D eigenvalue weighted by molar-refractivity contribution is 0.353. The highest BCUT2D eigenvalue weighted by Crippen LogP contribution is 2.34. The van der Waals surface area contributed by atoms with E-state index in [0.29, 0.717) is 6.54 Å². The Morgan fingerprint density at radius 1 is 1.00 bits per heavy atom. The summed E-state index contributed by atoms with van der Waals surface area (Å²) in [6.45, 7) is 2.28. The molecule has 2 aromatic heterocycles. The Morgan fingerprint density at radius 3 is 2.57 bits per heavy atom. The number of aromatic nitrogens is 3. The average Bonchev–Trinajstić information content (AvgIpc) is 2.77. The van der Waals surface area contributed by atoms with E-state index in [9.17, 15) is 0 Å². The number of hydrogen-bond acceptors (Lipinski definition) is 7. The zero-order chi connectivity index (χ0) is 19.3. The molecule has 0 aliphatic carbocycles. The molecule has 0 amide bonds. The van der Waals surface area contributed by atoms with E-state index in [1.54, 1.807) is 26.7 Å². The second-order valence-corrected chi connectivity index (χ2v) is 6.58. The van der Waals surface area contributed by atoms with Gasteiger partial charge in [0.05, 0.1) is 26.5 Å². The van der Waals surface area contributed by atoms with Crippen LogP contribution in [0.3, 0.4) is 0 Å². The van der Waals surface area contributed by atoms with Crippen LogP contribution in [0.4, 0.5) is 11.6 Å². The van der Waals surface area contributed by atoms with E-state index in [-0.39, 0.29) is 0 Å². The first kappa shape index (κ1) is 18.0. The van der Waals surface area contributed by atoms with Crippen LogP contribution in [-0.4, -0.2) is 35.7 Å². The van der Waals surface area contributed by atoms with Crippen molar-refractivity contribution in [2.24, 2.45) is 0 Å². The molecule has 3 aromatic rings. The van der Waals surface area contributed by atoms with Gasteiger partial charge in [0.25, 0.3) is 0 Å². The van der Waals surface area contributed by atoms with E-state index in [4.69, 9.17) is 9.47 Å². The quantitative estimate of drug-likeness (QED) is 0.708. The Kier molecular flexibility index (Phi) is 5.23. The number of rotatable bonds is 6. The Bertz CT molecular complexity index is 949. The zero-order valence-corrected chi connectivity index (χ0v) is 16.1. The van der Waals surface area contributed by atoms with Crippen molar-refractivity contribution in [3.05, 3.63) is 65.7 Å². The largest absolute Gasteiger partial charge is 0.493 e. The maximum absolute atomic E-state index is 5.45. The van der Waals surface area contributed by atoms with E-state index in [1.807, 2.05) is 24.3 Å². The Balaban J connectivity index is 1.49. The van der Waals surface area contributed by atoms with Crippen LogP contribution in [0.1, 0.15) is 16.8 Å². The fourth-order valence-corrected chi connectivity index (χ4v) is 3.38. The van der Waals surface area contributed by atoms with Gasteiger partial charge in [-0.05, 0) is 41.8 Å². The number of fused-ring (bicyclic) bond motifs is 1. The number of nitrogens with one attached hydrogen (secondary N) is 1. The summed E-state index contributed by atoms with van der Waals surface area (Å²) in [5.41, 5.74) is 3.48. The number of benzene rings is 1. The molecule has 0 bridgehead atoms. The molecule has 7 heteroatoms. The molecule has 0 radical (unpaired) electrons. The Morgan fingerprint density at radius 2 is 1.82 bits per heavy atom. The number of methoxy groups -OCH3 is 2. The van der Waals surface area contributed by atoms with Crippen molar-refractivity contribution in [1.82, 2.24) is 15.0 Å². The monoisotopic (exact) mass is 377 g/mol. The average molecular weight is 377 g/mol. The number of anilines is 2. The van der Waals surface area contributed by atoms with Gasteiger partial charge in [0.2, 0.25) is 0 Å². The molecular formula is C21H23N5O2. The summed E-state index contributed by atoms with van der Waals surface area (Å²) in [6, 6.07) is 12.0. The summed E-state index contributed by atoms with van der Waals surface area (Å²) < 4.78 is 10.9. The van der Waals surface area contributed by atoms with Gasteiger partial charge in [0.15, 0.2) is 11.5 Å². The summed E-state index contributed by atoms with van der Waals surface area (Å²) >= 11 is 0. The van der Waals surface area contributed by atoms with Gasteiger partial charge in [0, 0.05) is 25.4 Å². The lowest BCUT2D eigenvalue weighted by atomic mass is 9.99. The standard InChI is InChI=1S/C21H23N5O2/c1-27-18-9-15-6-8-26(13-16(15)10-19(18)28-2)21-11-20(24-14-25-21)23-12-17-5-3-4-7-22-17/h3-5,7,9-11,14H,6,8,12-13H2,1-2H3,(H,23,24,25). The van der Waals surface area contributed by atoms with Gasteiger partial charge in [-0.25, -0.2) is 9.97 Å². The van der Waals surface area contributed by atoms with E-state index in [1.165, 1.54) is 11.1 Å². The van der Waals surface area contributed by atoms with Gasteiger partial charge in [0.1, 0.15) is 18.0 Å². The van der Waals surface area contributed by atoms with Crippen molar-refractivity contribution in [1.29, 1.82) is 0 Å². The van der Waals surface area contributed by atoms with Gasteiger partial charge in [-0.1, -0.05) is 6.07 Å². The van der Waals surface area contributed by atoms with Gasteiger partial charge < -0.3 is 19.7 Å². The molecule has 4 rings (SSSR count). The summed E-state index contributed by atoms with van der Waals surface area (Å²) in [7, 11) is 3.33. The Hall–Kier alpha value is -3.35. The predicted molar refractivity (Wildman–Crippen MR) is 108 cm³/mol. The second-order valence-electron chi connectivity index (χ2n) is 6.58. The van der Waals surface area contributed by atoms with Crippen LogP contribution in [0.25, 0.3) is 0 Å². The van der Waals surface area contributed by atoms with Crippen LogP contribution in [-0.2, 0) is 19.5 Å². The second kappa shape index (κ2) is 8.12.